The normalized spacial score (nSPS) is 14.2. The minimum absolute atomic E-state index is 0.400. The molecular weight excluding hydrogens is 438 g/mol. The van der Waals surface area contributed by atoms with Crippen molar-refractivity contribution >= 4 is 41.5 Å². The summed E-state index contributed by atoms with van der Waals surface area (Å²) in [6, 6.07) is -6.73. The van der Waals surface area contributed by atoms with Gasteiger partial charge in [-0.3, -0.25) is 28.8 Å². The minimum Gasteiger partial charge on any atom is -0.481 e. The van der Waals surface area contributed by atoms with Gasteiger partial charge in [0, 0.05) is 6.42 Å². The Balaban J connectivity index is 5.30. The van der Waals surface area contributed by atoms with E-state index >= 15 is 0 Å². The van der Waals surface area contributed by atoms with E-state index in [-0.39, 0.29) is 0 Å². The largest absolute Gasteiger partial charge is 0.481 e. The Kier molecular flexibility index (Phi) is 11.9. The zero-order valence-corrected chi connectivity index (χ0v) is 16.6. The van der Waals surface area contributed by atoms with Crippen molar-refractivity contribution in [3.63, 3.8) is 0 Å². The quantitative estimate of drug-likeness (QED) is 0.110. The summed E-state index contributed by atoms with van der Waals surface area (Å²) in [4.78, 5) is 80.1. The molecule has 0 aliphatic rings. The Morgan fingerprint density at radius 3 is 1.62 bits per heavy atom. The summed E-state index contributed by atoms with van der Waals surface area (Å²) < 4.78 is 0. The summed E-state index contributed by atoms with van der Waals surface area (Å²) in [5.74, 6) is -8.92. The fourth-order valence-electron chi connectivity index (χ4n) is 2.23. The number of carboxylic acids is 3. The third-order valence-electron chi connectivity index (χ3n) is 3.85. The zero-order valence-electron chi connectivity index (χ0n) is 16.6. The Labute approximate surface area is 180 Å². The van der Waals surface area contributed by atoms with E-state index in [1.54, 1.807) is 0 Å². The van der Waals surface area contributed by atoms with Crippen molar-refractivity contribution in [2.75, 3.05) is 6.61 Å². The molecule has 0 bridgehead atoms. The summed E-state index contributed by atoms with van der Waals surface area (Å²) in [7, 11) is 0. The van der Waals surface area contributed by atoms with E-state index in [2.05, 4.69) is 0 Å². The van der Waals surface area contributed by atoms with Gasteiger partial charge in [0.05, 0.1) is 25.5 Å². The highest BCUT2D eigenvalue weighted by Crippen LogP contribution is 2.02. The standard InChI is InChI=1S/C16H25N5O11/c17-6(3-11(24)25)13(28)21-9(5-22)15(30)20-8(4-12(26)27)14(29)19-7(16(31)32)1-2-10(18)23/h6-9,22H,1-5,17H2,(H2,18,23)(H,19,29)(H,20,30)(H,21,28)(H,24,25)(H,26,27)(H,31,32). The second-order valence-electron chi connectivity index (χ2n) is 6.51. The molecule has 0 fully saturated rings. The molecule has 16 heteroatoms. The van der Waals surface area contributed by atoms with Crippen LogP contribution in [0.5, 0.6) is 0 Å². The Hall–Kier alpha value is -3.79. The van der Waals surface area contributed by atoms with Crippen LogP contribution in [-0.4, -0.2) is 92.7 Å². The first kappa shape index (κ1) is 28.2. The van der Waals surface area contributed by atoms with Gasteiger partial charge in [-0.1, -0.05) is 0 Å². The molecule has 4 unspecified atom stereocenters. The molecule has 0 spiro atoms. The first-order valence-corrected chi connectivity index (χ1v) is 9.00. The summed E-state index contributed by atoms with van der Waals surface area (Å²) in [5, 5.41) is 41.9. The van der Waals surface area contributed by atoms with Gasteiger partial charge in [0.15, 0.2) is 0 Å². The molecule has 0 aromatic carbocycles. The number of hydrogen-bond donors (Lipinski definition) is 9. The molecule has 0 saturated heterocycles. The predicted octanol–water partition coefficient (Wildman–Crippen LogP) is -4.94. The lowest BCUT2D eigenvalue weighted by Gasteiger charge is -2.23. The Morgan fingerprint density at radius 1 is 0.719 bits per heavy atom. The van der Waals surface area contributed by atoms with E-state index in [0.717, 1.165) is 0 Å². The second-order valence-corrected chi connectivity index (χ2v) is 6.51. The maximum absolute atomic E-state index is 12.3. The fraction of sp³-hybridized carbons (Fsp3) is 0.562. The number of carbonyl (C=O) groups excluding carboxylic acids is 4. The van der Waals surface area contributed by atoms with Crippen molar-refractivity contribution in [1.29, 1.82) is 0 Å². The average Bonchev–Trinajstić information content (AvgIpc) is 2.66. The molecule has 4 atom stereocenters. The van der Waals surface area contributed by atoms with Gasteiger partial charge >= 0.3 is 17.9 Å². The number of hydrogen-bond acceptors (Lipinski definition) is 9. The summed E-state index contributed by atoms with van der Waals surface area (Å²) in [6.07, 6.45) is -2.58. The number of aliphatic carboxylic acids is 3. The van der Waals surface area contributed by atoms with Crippen molar-refractivity contribution in [3.8, 4) is 0 Å². The van der Waals surface area contributed by atoms with Crippen LogP contribution < -0.4 is 27.4 Å². The monoisotopic (exact) mass is 463 g/mol. The number of nitrogens with two attached hydrogens (primary N) is 2. The molecule has 0 aromatic heterocycles. The molecule has 0 heterocycles. The van der Waals surface area contributed by atoms with E-state index in [0.29, 0.717) is 0 Å². The van der Waals surface area contributed by atoms with Crippen molar-refractivity contribution in [3.05, 3.63) is 0 Å². The highest BCUT2D eigenvalue weighted by molar-refractivity contribution is 5.96. The third kappa shape index (κ3) is 10.8. The molecular formula is C16H25N5O11. The third-order valence-corrected chi connectivity index (χ3v) is 3.85. The van der Waals surface area contributed by atoms with Gasteiger partial charge in [0.25, 0.3) is 0 Å². The number of primary amides is 1. The zero-order chi connectivity index (χ0) is 25.0. The molecule has 32 heavy (non-hydrogen) atoms. The maximum Gasteiger partial charge on any atom is 0.326 e. The molecule has 0 aliphatic heterocycles. The van der Waals surface area contributed by atoms with Crippen molar-refractivity contribution < 1.29 is 54.0 Å². The minimum atomic E-state index is -1.82. The van der Waals surface area contributed by atoms with Crippen molar-refractivity contribution in [2.24, 2.45) is 11.5 Å². The molecule has 11 N–H and O–H groups in total. The smallest absolute Gasteiger partial charge is 0.326 e. The van der Waals surface area contributed by atoms with Crippen LogP contribution in [0.15, 0.2) is 0 Å². The number of rotatable bonds is 15. The van der Waals surface area contributed by atoms with Crippen LogP contribution in [0.1, 0.15) is 25.7 Å². The van der Waals surface area contributed by atoms with Gasteiger partial charge in [0.2, 0.25) is 23.6 Å². The molecule has 0 rings (SSSR count). The maximum atomic E-state index is 12.3. The van der Waals surface area contributed by atoms with E-state index in [1.807, 2.05) is 16.0 Å². The lowest BCUT2D eigenvalue weighted by Crippen LogP contribution is -2.58. The van der Waals surface area contributed by atoms with Crippen LogP contribution in [0.3, 0.4) is 0 Å². The first-order chi connectivity index (χ1) is 14.8. The predicted molar refractivity (Wildman–Crippen MR) is 101 cm³/mol. The Bertz CT molecular complexity index is 757. The topological polar surface area (TPSA) is 289 Å². The number of aliphatic hydroxyl groups excluding tert-OH is 1. The highest BCUT2D eigenvalue weighted by Gasteiger charge is 2.31. The molecule has 16 nitrogen and oxygen atoms in total. The lowest BCUT2D eigenvalue weighted by atomic mass is 10.1. The van der Waals surface area contributed by atoms with Gasteiger partial charge in [-0.2, -0.15) is 0 Å². The van der Waals surface area contributed by atoms with Crippen LogP contribution >= 0.6 is 0 Å². The summed E-state index contributed by atoms with van der Waals surface area (Å²) >= 11 is 0. The van der Waals surface area contributed by atoms with Gasteiger partial charge in [-0.15, -0.1) is 0 Å². The van der Waals surface area contributed by atoms with Crippen molar-refractivity contribution in [2.45, 2.75) is 49.9 Å². The number of amides is 4. The van der Waals surface area contributed by atoms with Crippen LogP contribution in [0.25, 0.3) is 0 Å². The molecule has 0 aromatic rings. The summed E-state index contributed by atoms with van der Waals surface area (Å²) in [5.41, 5.74) is 10.3. The molecule has 0 radical (unpaired) electrons. The fourth-order valence-corrected chi connectivity index (χ4v) is 2.23. The number of carboxylic acid groups (broad SMARTS) is 3. The lowest BCUT2D eigenvalue weighted by molar-refractivity contribution is -0.144. The molecule has 180 valence electrons. The van der Waals surface area contributed by atoms with Gasteiger partial charge in [-0.25, -0.2) is 4.79 Å². The van der Waals surface area contributed by atoms with Gasteiger partial charge in [0.1, 0.15) is 18.1 Å². The van der Waals surface area contributed by atoms with Gasteiger partial charge < -0.3 is 47.8 Å². The summed E-state index contributed by atoms with van der Waals surface area (Å²) in [6.45, 7) is -1.02. The number of carbonyl (C=O) groups is 7. The van der Waals surface area contributed by atoms with E-state index < -0.39 is 98.0 Å². The average molecular weight is 463 g/mol. The number of nitrogens with one attached hydrogen (secondary N) is 3. The van der Waals surface area contributed by atoms with Crippen LogP contribution in [0.2, 0.25) is 0 Å². The second kappa shape index (κ2) is 13.5. The highest BCUT2D eigenvalue weighted by atomic mass is 16.4. The van der Waals surface area contributed by atoms with Crippen molar-refractivity contribution in [1.82, 2.24) is 16.0 Å². The SMILES string of the molecule is NC(=O)CCC(NC(=O)C(CC(=O)O)NC(=O)C(CO)NC(=O)C(N)CC(=O)O)C(=O)O. The van der Waals surface area contributed by atoms with E-state index in [9.17, 15) is 38.7 Å². The first-order valence-electron chi connectivity index (χ1n) is 9.00. The molecule has 0 aliphatic carbocycles. The van der Waals surface area contributed by atoms with E-state index in [1.165, 1.54) is 0 Å². The van der Waals surface area contributed by atoms with Crippen LogP contribution in [0.4, 0.5) is 0 Å². The number of aliphatic hydroxyl groups is 1. The van der Waals surface area contributed by atoms with E-state index in [4.69, 9.17) is 26.8 Å². The molecule has 0 saturated carbocycles. The van der Waals surface area contributed by atoms with Crippen LogP contribution in [0, 0.1) is 0 Å². The molecule has 4 amide bonds. The van der Waals surface area contributed by atoms with Crippen LogP contribution in [-0.2, 0) is 33.6 Å². The Morgan fingerprint density at radius 2 is 1.19 bits per heavy atom. The van der Waals surface area contributed by atoms with Gasteiger partial charge in [-0.05, 0) is 6.42 Å².